The number of nitrogens with one attached hydrogen (secondary N) is 2. The number of hydrogen-bond donors (Lipinski definition) is 2. The molecule has 0 spiro atoms. The second kappa shape index (κ2) is 7.99. The van der Waals surface area contributed by atoms with Gasteiger partial charge in [0.2, 0.25) is 5.82 Å². The highest BCUT2D eigenvalue weighted by Crippen LogP contribution is 2.29. The number of carbonyl (C=O) groups excluding carboxylic acids is 2. The number of nitrogens with zero attached hydrogens (tertiary/aromatic N) is 2. The van der Waals surface area contributed by atoms with Crippen molar-refractivity contribution >= 4 is 23.0 Å². The predicted molar refractivity (Wildman–Crippen MR) is 105 cm³/mol. The number of pyridine rings is 1. The van der Waals surface area contributed by atoms with Crippen LogP contribution >= 0.6 is 0 Å². The second-order valence-electron chi connectivity index (χ2n) is 6.39. The van der Waals surface area contributed by atoms with Crippen LogP contribution in [0.4, 0.5) is 5.69 Å². The van der Waals surface area contributed by atoms with Crippen molar-refractivity contribution in [2.75, 3.05) is 19.5 Å². The summed E-state index contributed by atoms with van der Waals surface area (Å²) in [5.41, 5.74) is 1.15. The summed E-state index contributed by atoms with van der Waals surface area (Å²) in [5, 5.41) is 5.58. The molecular formula is C20H22N4O4. The number of carbonyl (C=O) groups is 2. The molecule has 0 fully saturated rings. The smallest absolute Gasteiger partial charge is 0.287 e. The van der Waals surface area contributed by atoms with Crippen molar-refractivity contribution in [3.05, 3.63) is 54.1 Å². The number of fused-ring (bicyclic) bond motifs is 1. The lowest BCUT2D eigenvalue weighted by atomic mass is 10.2. The van der Waals surface area contributed by atoms with E-state index in [0.29, 0.717) is 22.7 Å². The van der Waals surface area contributed by atoms with Gasteiger partial charge < -0.3 is 20.1 Å². The number of ether oxygens (including phenoxy) is 2. The summed E-state index contributed by atoms with van der Waals surface area (Å²) in [5.74, 6) is 0.410. The first-order valence-electron chi connectivity index (χ1n) is 8.76. The summed E-state index contributed by atoms with van der Waals surface area (Å²) >= 11 is 0. The molecule has 2 amide bonds. The van der Waals surface area contributed by atoms with E-state index >= 15 is 0 Å². The van der Waals surface area contributed by atoms with E-state index in [2.05, 4.69) is 15.6 Å². The van der Waals surface area contributed by atoms with Crippen molar-refractivity contribution in [2.24, 2.45) is 0 Å². The molecule has 0 atom stereocenters. The van der Waals surface area contributed by atoms with E-state index in [9.17, 15) is 9.59 Å². The Kier molecular flexibility index (Phi) is 5.49. The zero-order valence-electron chi connectivity index (χ0n) is 16.1. The van der Waals surface area contributed by atoms with Gasteiger partial charge in [-0.2, -0.15) is 0 Å². The number of anilines is 1. The van der Waals surface area contributed by atoms with Gasteiger partial charge in [0, 0.05) is 18.3 Å². The lowest BCUT2D eigenvalue weighted by Crippen LogP contribution is -2.31. The third-order valence-corrected chi connectivity index (χ3v) is 4.04. The van der Waals surface area contributed by atoms with Gasteiger partial charge in [0.05, 0.1) is 25.4 Å². The first-order chi connectivity index (χ1) is 13.4. The van der Waals surface area contributed by atoms with Gasteiger partial charge in [-0.25, -0.2) is 4.98 Å². The Bertz CT molecular complexity index is 1030. The van der Waals surface area contributed by atoms with Crippen LogP contribution in [0.2, 0.25) is 0 Å². The fraction of sp³-hybridized carbons (Fsp3) is 0.250. The molecule has 2 heterocycles. The number of aromatic nitrogens is 2. The summed E-state index contributed by atoms with van der Waals surface area (Å²) in [6, 6.07) is 10.3. The van der Waals surface area contributed by atoms with Crippen LogP contribution in [0.15, 0.2) is 42.6 Å². The SMILES string of the molecule is COc1ccc(NC(=O)c2nc(C(=O)NC(C)C)n3ccccc23)c(OC)c1. The first kappa shape index (κ1) is 19.2. The van der Waals surface area contributed by atoms with Gasteiger partial charge in [-0.1, -0.05) is 6.07 Å². The molecule has 146 valence electrons. The number of methoxy groups -OCH3 is 2. The molecule has 0 unspecified atom stereocenters. The summed E-state index contributed by atoms with van der Waals surface area (Å²) in [6.45, 7) is 3.72. The molecule has 0 bridgehead atoms. The van der Waals surface area contributed by atoms with Crippen LogP contribution in [0, 0.1) is 0 Å². The molecule has 0 aliphatic rings. The lowest BCUT2D eigenvalue weighted by Gasteiger charge is -2.11. The number of hydrogen-bond acceptors (Lipinski definition) is 5. The highest BCUT2D eigenvalue weighted by atomic mass is 16.5. The van der Waals surface area contributed by atoms with E-state index in [0.717, 1.165) is 0 Å². The van der Waals surface area contributed by atoms with Crippen LogP contribution in [0.1, 0.15) is 35.0 Å². The van der Waals surface area contributed by atoms with Gasteiger partial charge >= 0.3 is 0 Å². The van der Waals surface area contributed by atoms with E-state index < -0.39 is 5.91 Å². The lowest BCUT2D eigenvalue weighted by molar-refractivity contribution is 0.0932. The van der Waals surface area contributed by atoms with Gasteiger partial charge in [-0.3, -0.25) is 14.0 Å². The summed E-state index contributed by atoms with van der Waals surface area (Å²) in [7, 11) is 3.05. The molecule has 8 nitrogen and oxygen atoms in total. The van der Waals surface area contributed by atoms with Gasteiger partial charge in [0.25, 0.3) is 11.8 Å². The molecule has 0 saturated carbocycles. The third kappa shape index (κ3) is 3.75. The van der Waals surface area contributed by atoms with E-state index in [1.54, 1.807) is 54.1 Å². The van der Waals surface area contributed by atoms with Crippen LogP contribution in [-0.4, -0.2) is 41.5 Å². The summed E-state index contributed by atoms with van der Waals surface area (Å²) in [4.78, 5) is 29.7. The molecule has 1 aromatic carbocycles. The quantitative estimate of drug-likeness (QED) is 0.684. The minimum atomic E-state index is -0.448. The van der Waals surface area contributed by atoms with Crippen molar-refractivity contribution in [2.45, 2.75) is 19.9 Å². The molecule has 8 heteroatoms. The van der Waals surface area contributed by atoms with E-state index in [4.69, 9.17) is 9.47 Å². The third-order valence-electron chi connectivity index (χ3n) is 4.04. The van der Waals surface area contributed by atoms with Crippen LogP contribution in [0.3, 0.4) is 0 Å². The zero-order chi connectivity index (χ0) is 20.3. The van der Waals surface area contributed by atoms with Crippen molar-refractivity contribution in [3.63, 3.8) is 0 Å². The van der Waals surface area contributed by atoms with Crippen molar-refractivity contribution in [3.8, 4) is 11.5 Å². The Morgan fingerprint density at radius 3 is 2.54 bits per heavy atom. The molecule has 3 rings (SSSR count). The zero-order valence-corrected chi connectivity index (χ0v) is 16.1. The largest absolute Gasteiger partial charge is 0.497 e. The number of amides is 2. The van der Waals surface area contributed by atoms with Crippen LogP contribution in [0.25, 0.3) is 5.52 Å². The average molecular weight is 382 g/mol. The van der Waals surface area contributed by atoms with Gasteiger partial charge in [-0.05, 0) is 38.1 Å². The van der Waals surface area contributed by atoms with E-state index in [-0.39, 0.29) is 23.5 Å². The maximum atomic E-state index is 12.9. The fourth-order valence-corrected chi connectivity index (χ4v) is 2.78. The second-order valence-corrected chi connectivity index (χ2v) is 6.39. The van der Waals surface area contributed by atoms with Crippen LogP contribution < -0.4 is 20.1 Å². The standard InChI is InChI=1S/C20H22N4O4/c1-12(2)21-20(26)18-23-17(15-7-5-6-10-24(15)18)19(25)22-14-9-8-13(27-3)11-16(14)28-4/h5-12H,1-4H3,(H,21,26)(H,22,25). The molecule has 0 saturated heterocycles. The highest BCUT2D eigenvalue weighted by Gasteiger charge is 2.22. The van der Waals surface area contributed by atoms with Gasteiger partial charge in [-0.15, -0.1) is 0 Å². The maximum Gasteiger partial charge on any atom is 0.287 e. The highest BCUT2D eigenvalue weighted by molar-refractivity contribution is 6.09. The number of imidazole rings is 1. The average Bonchev–Trinajstić information content (AvgIpc) is 3.07. The van der Waals surface area contributed by atoms with Crippen molar-refractivity contribution in [1.82, 2.24) is 14.7 Å². The Balaban J connectivity index is 1.98. The molecule has 2 aromatic heterocycles. The summed E-state index contributed by atoms with van der Waals surface area (Å²) < 4.78 is 12.1. The molecule has 28 heavy (non-hydrogen) atoms. The normalized spacial score (nSPS) is 10.8. The fourth-order valence-electron chi connectivity index (χ4n) is 2.78. The minimum Gasteiger partial charge on any atom is -0.497 e. The molecule has 2 N–H and O–H groups in total. The topological polar surface area (TPSA) is 94.0 Å². The monoisotopic (exact) mass is 382 g/mol. The summed E-state index contributed by atoms with van der Waals surface area (Å²) in [6.07, 6.45) is 1.70. The Morgan fingerprint density at radius 1 is 1.07 bits per heavy atom. The van der Waals surface area contributed by atoms with Crippen LogP contribution in [0.5, 0.6) is 11.5 Å². The Labute approximate surface area is 162 Å². The molecule has 3 aromatic rings. The Hall–Kier alpha value is -3.55. The first-order valence-corrected chi connectivity index (χ1v) is 8.76. The van der Waals surface area contributed by atoms with E-state index in [1.807, 2.05) is 13.8 Å². The van der Waals surface area contributed by atoms with E-state index in [1.165, 1.54) is 7.11 Å². The number of benzene rings is 1. The van der Waals surface area contributed by atoms with Gasteiger partial charge in [0.15, 0.2) is 5.69 Å². The number of rotatable bonds is 6. The van der Waals surface area contributed by atoms with Crippen molar-refractivity contribution < 1.29 is 19.1 Å². The minimum absolute atomic E-state index is 0.0515. The molecular weight excluding hydrogens is 360 g/mol. The Morgan fingerprint density at radius 2 is 1.86 bits per heavy atom. The molecule has 0 aliphatic heterocycles. The predicted octanol–water partition coefficient (Wildman–Crippen LogP) is 2.74. The van der Waals surface area contributed by atoms with Crippen molar-refractivity contribution in [1.29, 1.82) is 0 Å². The molecule has 0 radical (unpaired) electrons. The van der Waals surface area contributed by atoms with Gasteiger partial charge in [0.1, 0.15) is 11.5 Å². The maximum absolute atomic E-state index is 12.9. The van der Waals surface area contributed by atoms with Crippen LogP contribution in [-0.2, 0) is 0 Å². The molecule has 0 aliphatic carbocycles.